The first kappa shape index (κ1) is 16.9. The van der Waals surface area contributed by atoms with Crippen LogP contribution in [0.3, 0.4) is 0 Å². The van der Waals surface area contributed by atoms with Crippen molar-refractivity contribution in [3.8, 4) is 0 Å². The van der Waals surface area contributed by atoms with Gasteiger partial charge in [-0.15, -0.1) is 0 Å². The smallest absolute Gasteiger partial charge is 0.252 e. The number of amides is 2. The summed E-state index contributed by atoms with van der Waals surface area (Å²) in [4.78, 5) is 33.1. The Hall–Kier alpha value is -1.95. The van der Waals surface area contributed by atoms with Crippen molar-refractivity contribution in [2.45, 2.75) is 50.8 Å². The lowest BCUT2D eigenvalue weighted by Crippen LogP contribution is -2.54. The maximum Gasteiger partial charge on any atom is 0.252 e. The first-order valence-corrected chi connectivity index (χ1v) is 8.73. The van der Waals surface area contributed by atoms with E-state index in [1.54, 1.807) is 29.2 Å². The van der Waals surface area contributed by atoms with Gasteiger partial charge in [-0.05, 0) is 49.8 Å². The van der Waals surface area contributed by atoms with E-state index in [-0.39, 0.29) is 24.0 Å². The Morgan fingerprint density at radius 1 is 1.25 bits per heavy atom. The van der Waals surface area contributed by atoms with Crippen LogP contribution in [-0.2, 0) is 20.9 Å². The number of piperidine rings is 1. The molecule has 2 fully saturated rings. The van der Waals surface area contributed by atoms with Gasteiger partial charge in [0.15, 0.2) is 0 Å². The van der Waals surface area contributed by atoms with Crippen LogP contribution in [0.5, 0.6) is 0 Å². The van der Waals surface area contributed by atoms with Crippen LogP contribution < -0.4 is 0 Å². The monoisotopic (exact) mass is 331 g/mol. The minimum Gasteiger partial charge on any atom is -0.368 e. The molecule has 130 valence electrons. The van der Waals surface area contributed by atoms with Crippen LogP contribution >= 0.6 is 0 Å². The third-order valence-corrected chi connectivity index (χ3v) is 4.82. The summed E-state index contributed by atoms with van der Waals surface area (Å²) in [5.41, 5.74) is 1.04. The molecule has 2 aliphatic heterocycles. The Labute approximate surface area is 142 Å². The number of ether oxygens (including phenoxy) is 1. The number of hydrogen-bond donors (Lipinski definition) is 0. The third-order valence-electron chi connectivity index (χ3n) is 4.82. The number of likely N-dealkylation sites (N-methyl/N-ethyl adjacent to an activating group) is 1. The van der Waals surface area contributed by atoms with Gasteiger partial charge in [0.1, 0.15) is 12.1 Å². The fourth-order valence-electron chi connectivity index (χ4n) is 3.50. The molecule has 1 aromatic heterocycles. The largest absolute Gasteiger partial charge is 0.368 e. The SMILES string of the molecule is CN(Cc1ccncc1)C(=O)[C@H]1CCCCN1C(=O)[C@H]1CCCO1. The molecule has 24 heavy (non-hydrogen) atoms. The molecular formula is C18H25N3O3. The van der Waals surface area contributed by atoms with Gasteiger partial charge in [0.05, 0.1) is 0 Å². The number of carbonyl (C=O) groups is 2. The summed E-state index contributed by atoms with van der Waals surface area (Å²) < 4.78 is 5.53. The maximum absolute atomic E-state index is 12.9. The summed E-state index contributed by atoms with van der Waals surface area (Å²) in [7, 11) is 1.80. The second kappa shape index (κ2) is 7.75. The van der Waals surface area contributed by atoms with Crippen molar-refractivity contribution in [2.24, 2.45) is 0 Å². The van der Waals surface area contributed by atoms with E-state index in [0.717, 1.165) is 37.7 Å². The van der Waals surface area contributed by atoms with Gasteiger partial charge in [-0.1, -0.05) is 0 Å². The Morgan fingerprint density at radius 2 is 2.04 bits per heavy atom. The van der Waals surface area contributed by atoms with Gasteiger partial charge >= 0.3 is 0 Å². The van der Waals surface area contributed by atoms with Crippen molar-refractivity contribution in [3.63, 3.8) is 0 Å². The maximum atomic E-state index is 12.9. The first-order chi connectivity index (χ1) is 11.7. The molecule has 0 unspecified atom stereocenters. The molecule has 2 saturated heterocycles. The fourth-order valence-corrected chi connectivity index (χ4v) is 3.50. The fraction of sp³-hybridized carbons (Fsp3) is 0.611. The number of pyridine rings is 1. The standard InChI is InChI=1S/C18H25N3O3/c1-20(13-14-7-9-19-10-8-14)17(22)15-5-2-3-11-21(15)18(23)16-6-4-12-24-16/h7-10,15-16H,2-6,11-13H2,1H3/t15-,16-/m1/s1. The summed E-state index contributed by atoms with van der Waals surface area (Å²) in [6, 6.07) is 3.45. The van der Waals surface area contributed by atoms with Crippen LogP contribution in [0.1, 0.15) is 37.7 Å². The van der Waals surface area contributed by atoms with Crippen molar-refractivity contribution in [1.29, 1.82) is 0 Å². The highest BCUT2D eigenvalue weighted by Crippen LogP contribution is 2.23. The Bertz CT molecular complexity index is 572. The molecule has 0 N–H and O–H groups in total. The van der Waals surface area contributed by atoms with Crippen molar-refractivity contribution in [3.05, 3.63) is 30.1 Å². The van der Waals surface area contributed by atoms with E-state index in [9.17, 15) is 9.59 Å². The molecule has 0 spiro atoms. The van der Waals surface area contributed by atoms with Gasteiger partial charge in [-0.25, -0.2) is 0 Å². The predicted octanol–water partition coefficient (Wildman–Crippen LogP) is 1.60. The molecule has 0 aliphatic carbocycles. The van der Waals surface area contributed by atoms with Gasteiger partial charge in [-0.3, -0.25) is 14.6 Å². The zero-order chi connectivity index (χ0) is 16.9. The van der Waals surface area contributed by atoms with Crippen LogP contribution in [0.15, 0.2) is 24.5 Å². The summed E-state index contributed by atoms with van der Waals surface area (Å²) in [6.45, 7) is 1.82. The molecule has 2 atom stereocenters. The Balaban J connectivity index is 1.67. The number of carbonyl (C=O) groups excluding carboxylic acids is 2. The van der Waals surface area contributed by atoms with E-state index in [0.29, 0.717) is 19.7 Å². The molecule has 2 amide bonds. The lowest BCUT2D eigenvalue weighted by atomic mass is 9.99. The topological polar surface area (TPSA) is 62.7 Å². The van der Waals surface area contributed by atoms with Crippen LogP contribution in [0.4, 0.5) is 0 Å². The highest BCUT2D eigenvalue weighted by molar-refractivity contribution is 5.89. The molecule has 1 aromatic rings. The summed E-state index contributed by atoms with van der Waals surface area (Å²) in [6.07, 6.45) is 7.45. The van der Waals surface area contributed by atoms with Crippen LogP contribution in [-0.4, -0.2) is 58.9 Å². The summed E-state index contributed by atoms with van der Waals surface area (Å²) >= 11 is 0. The first-order valence-electron chi connectivity index (χ1n) is 8.73. The summed E-state index contributed by atoms with van der Waals surface area (Å²) in [5, 5.41) is 0. The van der Waals surface area contributed by atoms with Gasteiger partial charge < -0.3 is 14.5 Å². The summed E-state index contributed by atoms with van der Waals surface area (Å²) in [5.74, 6) is 0.000667. The number of hydrogen-bond acceptors (Lipinski definition) is 4. The van der Waals surface area contributed by atoms with E-state index >= 15 is 0 Å². The van der Waals surface area contributed by atoms with E-state index in [1.165, 1.54) is 0 Å². The molecular weight excluding hydrogens is 306 g/mol. The third kappa shape index (κ3) is 3.75. The zero-order valence-electron chi connectivity index (χ0n) is 14.2. The van der Waals surface area contributed by atoms with Gasteiger partial charge in [-0.2, -0.15) is 0 Å². The number of nitrogens with zero attached hydrogens (tertiary/aromatic N) is 3. The molecule has 0 bridgehead atoms. The van der Waals surface area contributed by atoms with Crippen LogP contribution in [0, 0.1) is 0 Å². The van der Waals surface area contributed by atoms with Gasteiger partial charge in [0.2, 0.25) is 5.91 Å². The number of aromatic nitrogens is 1. The quantitative estimate of drug-likeness (QED) is 0.841. The second-order valence-corrected chi connectivity index (χ2v) is 6.59. The molecule has 6 nitrogen and oxygen atoms in total. The van der Waals surface area contributed by atoms with E-state index < -0.39 is 0 Å². The second-order valence-electron chi connectivity index (χ2n) is 6.59. The molecule has 0 aromatic carbocycles. The molecule has 3 rings (SSSR count). The van der Waals surface area contributed by atoms with E-state index in [1.807, 2.05) is 12.1 Å². The predicted molar refractivity (Wildman–Crippen MR) is 89.0 cm³/mol. The number of likely N-dealkylation sites (tertiary alicyclic amines) is 1. The molecule has 0 saturated carbocycles. The lowest BCUT2D eigenvalue weighted by molar-refractivity contribution is -0.153. The average molecular weight is 331 g/mol. The zero-order valence-corrected chi connectivity index (χ0v) is 14.2. The van der Waals surface area contributed by atoms with Crippen molar-refractivity contribution >= 4 is 11.8 Å². The van der Waals surface area contributed by atoms with Crippen molar-refractivity contribution in [1.82, 2.24) is 14.8 Å². The van der Waals surface area contributed by atoms with E-state index in [4.69, 9.17) is 4.74 Å². The van der Waals surface area contributed by atoms with Gasteiger partial charge in [0.25, 0.3) is 5.91 Å². The minimum absolute atomic E-state index is 0.0112. The molecule has 3 heterocycles. The molecule has 6 heteroatoms. The highest BCUT2D eigenvalue weighted by Gasteiger charge is 2.37. The van der Waals surface area contributed by atoms with E-state index in [2.05, 4.69) is 4.98 Å². The van der Waals surface area contributed by atoms with Gasteiger partial charge in [0, 0.05) is 39.1 Å². The highest BCUT2D eigenvalue weighted by atomic mass is 16.5. The van der Waals surface area contributed by atoms with Crippen LogP contribution in [0.25, 0.3) is 0 Å². The lowest BCUT2D eigenvalue weighted by Gasteiger charge is -2.37. The Morgan fingerprint density at radius 3 is 2.75 bits per heavy atom. The van der Waals surface area contributed by atoms with Crippen molar-refractivity contribution < 1.29 is 14.3 Å². The molecule has 0 radical (unpaired) electrons. The normalized spacial score (nSPS) is 24.0. The minimum atomic E-state index is -0.359. The molecule has 2 aliphatic rings. The Kier molecular flexibility index (Phi) is 5.45. The average Bonchev–Trinajstić information content (AvgIpc) is 3.16. The van der Waals surface area contributed by atoms with Crippen LogP contribution in [0.2, 0.25) is 0 Å². The number of rotatable bonds is 4. The van der Waals surface area contributed by atoms with Crippen molar-refractivity contribution in [2.75, 3.05) is 20.2 Å².